The number of carbonyl (C=O) groups excluding carboxylic acids is 1. The number of carbonyl (C=O) groups is 1. The number of aromatic amines is 1. The van der Waals surface area contributed by atoms with E-state index in [0.29, 0.717) is 12.1 Å². The molecule has 0 saturated carbocycles. The predicted octanol–water partition coefficient (Wildman–Crippen LogP) is 4.87. The van der Waals surface area contributed by atoms with Crippen LogP contribution in [0.4, 0.5) is 4.39 Å². The van der Waals surface area contributed by atoms with Crippen molar-refractivity contribution in [2.24, 2.45) is 0 Å². The van der Waals surface area contributed by atoms with Crippen LogP contribution in [0.2, 0.25) is 0 Å². The first-order chi connectivity index (χ1) is 13.2. The second-order valence-corrected chi connectivity index (χ2v) is 6.47. The van der Waals surface area contributed by atoms with Gasteiger partial charge in [-0.25, -0.2) is 4.39 Å². The highest BCUT2D eigenvalue weighted by Gasteiger charge is 2.19. The van der Waals surface area contributed by atoms with Crippen LogP contribution in [-0.2, 0) is 0 Å². The van der Waals surface area contributed by atoms with Crippen molar-refractivity contribution in [3.63, 3.8) is 0 Å². The first-order valence-corrected chi connectivity index (χ1v) is 8.87. The highest BCUT2D eigenvalue weighted by molar-refractivity contribution is 5.94. The number of hydrogen-bond donors (Lipinski definition) is 2. The molecule has 0 unspecified atom stereocenters. The molecule has 0 spiro atoms. The SMILES string of the molecule is O=C(NC[C@@H](c1ccccc1)c1c[nH]c2ccccc12)c1ccc(F)cc1. The van der Waals surface area contributed by atoms with Gasteiger partial charge in [0.2, 0.25) is 0 Å². The summed E-state index contributed by atoms with van der Waals surface area (Å²) in [5.41, 5.74) is 3.78. The molecule has 0 aliphatic rings. The van der Waals surface area contributed by atoms with Crippen LogP contribution >= 0.6 is 0 Å². The van der Waals surface area contributed by atoms with Gasteiger partial charge < -0.3 is 10.3 Å². The molecule has 2 N–H and O–H groups in total. The summed E-state index contributed by atoms with van der Waals surface area (Å²) in [6.07, 6.45) is 2.01. The number of aromatic nitrogens is 1. The highest BCUT2D eigenvalue weighted by Crippen LogP contribution is 2.30. The molecule has 0 aliphatic heterocycles. The van der Waals surface area contributed by atoms with E-state index >= 15 is 0 Å². The molecule has 4 aromatic rings. The van der Waals surface area contributed by atoms with Gasteiger partial charge in [0.05, 0.1) is 0 Å². The number of fused-ring (bicyclic) bond motifs is 1. The van der Waals surface area contributed by atoms with E-state index in [1.54, 1.807) is 0 Å². The Balaban J connectivity index is 1.63. The molecule has 0 fully saturated rings. The Morgan fingerprint density at radius 2 is 1.63 bits per heavy atom. The Kier molecular flexibility index (Phi) is 4.71. The van der Waals surface area contributed by atoms with E-state index in [4.69, 9.17) is 0 Å². The van der Waals surface area contributed by atoms with Gasteiger partial charge in [0.25, 0.3) is 5.91 Å². The van der Waals surface area contributed by atoms with Gasteiger partial charge in [0.15, 0.2) is 0 Å². The average molecular weight is 358 g/mol. The third kappa shape index (κ3) is 3.60. The molecule has 0 radical (unpaired) electrons. The van der Waals surface area contributed by atoms with Gasteiger partial charge in [0, 0.05) is 35.1 Å². The predicted molar refractivity (Wildman–Crippen MR) is 105 cm³/mol. The average Bonchev–Trinajstić information content (AvgIpc) is 3.13. The van der Waals surface area contributed by atoms with E-state index in [2.05, 4.69) is 28.5 Å². The standard InChI is InChI=1S/C23H19FN2O/c24-18-12-10-17(11-13-18)23(27)26-14-20(16-6-2-1-3-7-16)21-15-25-22-9-5-4-8-19(21)22/h1-13,15,20,25H,14H2,(H,26,27)/t20-/m0/s1. The monoisotopic (exact) mass is 358 g/mol. The highest BCUT2D eigenvalue weighted by atomic mass is 19.1. The Morgan fingerprint density at radius 3 is 2.41 bits per heavy atom. The van der Waals surface area contributed by atoms with Crippen LogP contribution in [0.3, 0.4) is 0 Å². The Labute approximate surface area is 156 Å². The molecule has 1 amide bonds. The first kappa shape index (κ1) is 17.0. The van der Waals surface area contributed by atoms with Crippen LogP contribution in [0.25, 0.3) is 10.9 Å². The minimum Gasteiger partial charge on any atom is -0.361 e. The molecule has 134 valence electrons. The van der Waals surface area contributed by atoms with E-state index in [9.17, 15) is 9.18 Å². The van der Waals surface area contributed by atoms with Crippen molar-refractivity contribution >= 4 is 16.8 Å². The minimum atomic E-state index is -0.354. The zero-order chi connectivity index (χ0) is 18.6. The Hall–Kier alpha value is -3.40. The van der Waals surface area contributed by atoms with Gasteiger partial charge >= 0.3 is 0 Å². The lowest BCUT2D eigenvalue weighted by Gasteiger charge is -2.18. The van der Waals surface area contributed by atoms with Crippen molar-refractivity contribution in [3.05, 3.63) is 108 Å². The summed E-state index contributed by atoms with van der Waals surface area (Å²) in [5, 5.41) is 4.14. The molecule has 3 aromatic carbocycles. The number of para-hydroxylation sites is 1. The maximum absolute atomic E-state index is 13.1. The quantitative estimate of drug-likeness (QED) is 0.525. The van der Waals surface area contributed by atoms with E-state index in [0.717, 1.165) is 22.0 Å². The summed E-state index contributed by atoms with van der Waals surface area (Å²) in [4.78, 5) is 15.8. The molecular weight excluding hydrogens is 339 g/mol. The summed E-state index contributed by atoms with van der Waals surface area (Å²) in [6.45, 7) is 0.446. The molecule has 27 heavy (non-hydrogen) atoms. The normalized spacial score (nSPS) is 12.0. The Morgan fingerprint density at radius 1 is 0.926 bits per heavy atom. The second kappa shape index (κ2) is 7.46. The molecule has 0 saturated heterocycles. The molecule has 1 atom stereocenters. The summed E-state index contributed by atoms with van der Waals surface area (Å²) >= 11 is 0. The van der Waals surface area contributed by atoms with Crippen LogP contribution in [0.1, 0.15) is 27.4 Å². The molecule has 1 aromatic heterocycles. The topological polar surface area (TPSA) is 44.9 Å². The Bertz CT molecular complexity index is 1050. The van der Waals surface area contributed by atoms with Crippen molar-refractivity contribution in [3.8, 4) is 0 Å². The third-order valence-corrected chi connectivity index (χ3v) is 4.77. The molecule has 3 nitrogen and oxygen atoms in total. The fourth-order valence-corrected chi connectivity index (χ4v) is 3.37. The third-order valence-electron chi connectivity index (χ3n) is 4.77. The largest absolute Gasteiger partial charge is 0.361 e. The first-order valence-electron chi connectivity index (χ1n) is 8.87. The van der Waals surface area contributed by atoms with Gasteiger partial charge in [-0.05, 0) is 41.5 Å². The number of hydrogen-bond acceptors (Lipinski definition) is 1. The number of nitrogens with one attached hydrogen (secondary N) is 2. The molecule has 0 aliphatic carbocycles. The number of H-pyrrole nitrogens is 1. The van der Waals surface area contributed by atoms with E-state index < -0.39 is 0 Å². The fourth-order valence-electron chi connectivity index (χ4n) is 3.37. The van der Waals surface area contributed by atoms with E-state index in [-0.39, 0.29) is 17.6 Å². The van der Waals surface area contributed by atoms with Crippen molar-refractivity contribution in [2.75, 3.05) is 6.54 Å². The lowest BCUT2D eigenvalue weighted by Crippen LogP contribution is -2.28. The van der Waals surface area contributed by atoms with Crippen LogP contribution in [0.15, 0.2) is 85.1 Å². The van der Waals surface area contributed by atoms with Gasteiger partial charge in [-0.2, -0.15) is 0 Å². The number of rotatable bonds is 5. The molecular formula is C23H19FN2O. The van der Waals surface area contributed by atoms with E-state index in [1.807, 2.05) is 42.6 Å². The van der Waals surface area contributed by atoms with Crippen LogP contribution in [0.5, 0.6) is 0 Å². The van der Waals surface area contributed by atoms with Crippen molar-refractivity contribution < 1.29 is 9.18 Å². The summed E-state index contributed by atoms with van der Waals surface area (Å²) in [6, 6.07) is 23.8. The minimum absolute atomic E-state index is 0.00625. The second-order valence-electron chi connectivity index (χ2n) is 6.47. The zero-order valence-corrected chi connectivity index (χ0v) is 14.7. The number of halogens is 1. The van der Waals surface area contributed by atoms with Crippen LogP contribution in [-0.4, -0.2) is 17.4 Å². The lowest BCUT2D eigenvalue weighted by atomic mass is 9.91. The summed E-state index contributed by atoms with van der Waals surface area (Å²) < 4.78 is 13.1. The number of amides is 1. The van der Waals surface area contributed by atoms with Crippen LogP contribution in [0, 0.1) is 5.82 Å². The smallest absolute Gasteiger partial charge is 0.251 e. The number of benzene rings is 3. The fraction of sp³-hybridized carbons (Fsp3) is 0.0870. The summed E-state index contributed by atoms with van der Waals surface area (Å²) in [5.74, 6) is -0.560. The van der Waals surface area contributed by atoms with E-state index in [1.165, 1.54) is 24.3 Å². The van der Waals surface area contributed by atoms with Gasteiger partial charge in [-0.15, -0.1) is 0 Å². The van der Waals surface area contributed by atoms with Gasteiger partial charge in [-0.1, -0.05) is 48.5 Å². The maximum Gasteiger partial charge on any atom is 0.251 e. The van der Waals surface area contributed by atoms with Gasteiger partial charge in [0.1, 0.15) is 5.82 Å². The van der Waals surface area contributed by atoms with Crippen molar-refractivity contribution in [1.29, 1.82) is 0 Å². The molecule has 4 heteroatoms. The lowest BCUT2D eigenvalue weighted by molar-refractivity contribution is 0.0952. The maximum atomic E-state index is 13.1. The summed E-state index contributed by atoms with van der Waals surface area (Å²) in [7, 11) is 0. The molecule has 0 bridgehead atoms. The molecule has 1 heterocycles. The zero-order valence-electron chi connectivity index (χ0n) is 14.7. The van der Waals surface area contributed by atoms with Crippen molar-refractivity contribution in [2.45, 2.75) is 5.92 Å². The molecule has 4 rings (SSSR count). The van der Waals surface area contributed by atoms with Gasteiger partial charge in [-0.3, -0.25) is 4.79 Å². The van der Waals surface area contributed by atoms with Crippen molar-refractivity contribution in [1.82, 2.24) is 10.3 Å². The van der Waals surface area contributed by atoms with Crippen LogP contribution < -0.4 is 5.32 Å².